The molecule has 2 aromatic carbocycles. The summed E-state index contributed by atoms with van der Waals surface area (Å²) in [5, 5.41) is 4.13. The van der Waals surface area contributed by atoms with E-state index in [1.54, 1.807) is 6.07 Å². The Kier molecular flexibility index (Phi) is 8.49. The van der Waals surface area contributed by atoms with Gasteiger partial charge in [-0.15, -0.1) is 0 Å². The van der Waals surface area contributed by atoms with Crippen LogP contribution in [0.15, 0.2) is 48.5 Å². The molecule has 7 heteroatoms. The lowest BCUT2D eigenvalue weighted by molar-refractivity contribution is -0.116. The Hall–Kier alpha value is -1.00. The number of aryl methyl sites for hydroxylation is 1. The van der Waals surface area contributed by atoms with Crippen LogP contribution in [-0.2, 0) is 17.4 Å². The number of Topliss-reactive ketones (excluding diaryl/α,β-unsaturated/α-hetero) is 1. The van der Waals surface area contributed by atoms with Crippen LogP contribution in [0.25, 0.3) is 0 Å². The minimum Gasteiger partial charge on any atom is -0.310 e. The summed E-state index contributed by atoms with van der Waals surface area (Å²) in [6.45, 7) is 0.798. The molecule has 26 heavy (non-hydrogen) atoms. The van der Waals surface area contributed by atoms with Crippen molar-refractivity contribution in [3.63, 3.8) is 0 Å². The molecule has 0 radical (unpaired) electrons. The molecule has 3 N–H and O–H groups in total. The van der Waals surface area contributed by atoms with Gasteiger partial charge in [0, 0.05) is 0 Å². The molecule has 0 aliphatic rings. The van der Waals surface area contributed by atoms with Gasteiger partial charge in [-0.2, -0.15) is 0 Å². The van der Waals surface area contributed by atoms with Crippen LogP contribution in [0.1, 0.15) is 17.5 Å². The van der Waals surface area contributed by atoms with E-state index in [4.69, 9.17) is 23.2 Å². The lowest BCUT2D eigenvalue weighted by Crippen LogP contribution is -2.27. The van der Waals surface area contributed by atoms with Crippen molar-refractivity contribution in [1.82, 2.24) is 5.32 Å². The highest BCUT2D eigenvalue weighted by molar-refractivity contribution is 7.64. The summed E-state index contributed by atoms with van der Waals surface area (Å²) in [5.74, 6) is -0.186. The highest BCUT2D eigenvalue weighted by Crippen LogP contribution is 2.52. The van der Waals surface area contributed by atoms with Gasteiger partial charge in [0.25, 0.3) is 7.72 Å². The maximum atomic E-state index is 12.0. The van der Waals surface area contributed by atoms with Crippen molar-refractivity contribution in [2.75, 3.05) is 19.3 Å². The Labute approximate surface area is 164 Å². The van der Waals surface area contributed by atoms with E-state index in [1.165, 1.54) is 0 Å². The molecule has 140 valence electrons. The fraction of sp³-hybridized carbons (Fsp3) is 0.316. The van der Waals surface area contributed by atoms with Crippen molar-refractivity contribution in [3.8, 4) is 0 Å². The Bertz CT molecular complexity index is 726. The Morgan fingerprint density at radius 3 is 2.42 bits per heavy atom. The number of carbonyl (C=O) groups is 1. The third-order valence-electron chi connectivity index (χ3n) is 3.83. The largest absolute Gasteiger partial charge is 0.310 e. The lowest BCUT2D eigenvalue weighted by atomic mass is 10.1. The quantitative estimate of drug-likeness (QED) is 0.404. The molecule has 0 saturated heterocycles. The third-order valence-corrected chi connectivity index (χ3v) is 6.30. The van der Waals surface area contributed by atoms with Crippen LogP contribution in [0.4, 0.5) is 0 Å². The van der Waals surface area contributed by atoms with Crippen molar-refractivity contribution in [2.24, 2.45) is 0 Å². The maximum absolute atomic E-state index is 12.0. The van der Waals surface area contributed by atoms with Gasteiger partial charge in [0.15, 0.2) is 11.9 Å². The van der Waals surface area contributed by atoms with Crippen LogP contribution in [0.5, 0.6) is 0 Å². The predicted octanol–water partition coefficient (Wildman–Crippen LogP) is 4.12. The number of ketones is 1. The van der Waals surface area contributed by atoms with Crippen LogP contribution >= 0.6 is 30.9 Å². The van der Waals surface area contributed by atoms with E-state index in [0.717, 1.165) is 24.0 Å². The number of benzene rings is 2. The highest BCUT2D eigenvalue weighted by Gasteiger charge is 2.36. The molecule has 0 spiro atoms. The van der Waals surface area contributed by atoms with Crippen molar-refractivity contribution >= 4 is 36.7 Å². The highest BCUT2D eigenvalue weighted by atomic mass is 35.5. The molecule has 0 bridgehead atoms. The second-order valence-electron chi connectivity index (χ2n) is 6.25. The van der Waals surface area contributed by atoms with Crippen molar-refractivity contribution in [1.29, 1.82) is 0 Å². The van der Waals surface area contributed by atoms with E-state index >= 15 is 0 Å². The molecule has 0 aliphatic carbocycles. The predicted molar refractivity (Wildman–Crippen MR) is 109 cm³/mol. The average Bonchev–Trinajstić information content (AvgIpc) is 2.57. The Balaban J connectivity index is 1.65. The monoisotopic (exact) mass is 414 g/mol. The third kappa shape index (κ3) is 7.71. The number of halogens is 2. The SMILES string of the molecule is O=C(CNCCCc1ccc(Cl)c(Cl)c1)C[P+](O)(O)Cc1ccccc1. The van der Waals surface area contributed by atoms with Gasteiger partial charge in [-0.05, 0) is 42.6 Å². The first kappa shape index (κ1) is 21.3. The summed E-state index contributed by atoms with van der Waals surface area (Å²) in [4.78, 5) is 32.2. The van der Waals surface area contributed by atoms with Gasteiger partial charge in [-0.25, -0.2) is 9.79 Å². The summed E-state index contributed by atoms with van der Waals surface area (Å²) in [7, 11) is -3.25. The van der Waals surface area contributed by atoms with E-state index in [1.807, 2.05) is 42.5 Å². The first-order valence-electron chi connectivity index (χ1n) is 8.38. The molecule has 0 aromatic heterocycles. The summed E-state index contributed by atoms with van der Waals surface area (Å²) >= 11 is 11.9. The van der Waals surface area contributed by atoms with Crippen LogP contribution in [0.3, 0.4) is 0 Å². The Morgan fingerprint density at radius 2 is 1.73 bits per heavy atom. The van der Waals surface area contributed by atoms with Gasteiger partial charge in [0.05, 0.1) is 16.6 Å². The fourth-order valence-electron chi connectivity index (χ4n) is 2.61. The van der Waals surface area contributed by atoms with Gasteiger partial charge in [-0.3, -0.25) is 4.79 Å². The molecular formula is C19H23Cl2NO3P+. The van der Waals surface area contributed by atoms with Crippen molar-refractivity contribution in [3.05, 3.63) is 69.7 Å². The normalized spacial score (nSPS) is 11.5. The van der Waals surface area contributed by atoms with Crippen molar-refractivity contribution < 1.29 is 14.6 Å². The second kappa shape index (κ2) is 10.4. The maximum Gasteiger partial charge on any atom is 0.279 e. The number of nitrogens with one attached hydrogen (secondary N) is 1. The molecule has 0 heterocycles. The van der Waals surface area contributed by atoms with Crippen molar-refractivity contribution in [2.45, 2.75) is 19.0 Å². The molecule has 2 rings (SSSR count). The topological polar surface area (TPSA) is 69.6 Å². The van der Waals surface area contributed by atoms with Crippen LogP contribution in [-0.4, -0.2) is 34.8 Å². The summed E-state index contributed by atoms with van der Waals surface area (Å²) in [6.07, 6.45) is 1.61. The van der Waals surface area contributed by atoms with Gasteiger partial charge in [-0.1, -0.05) is 59.6 Å². The summed E-state index contributed by atoms with van der Waals surface area (Å²) < 4.78 is 0. The average molecular weight is 415 g/mol. The molecule has 0 atom stereocenters. The zero-order valence-corrected chi connectivity index (χ0v) is 16.8. The summed E-state index contributed by atoms with van der Waals surface area (Å²) in [6, 6.07) is 14.7. The zero-order valence-electron chi connectivity index (χ0n) is 14.4. The molecule has 0 saturated carbocycles. The number of rotatable bonds is 10. The molecule has 0 amide bonds. The minimum atomic E-state index is -3.25. The molecule has 4 nitrogen and oxygen atoms in total. The number of hydrogen-bond donors (Lipinski definition) is 3. The molecule has 2 aromatic rings. The molecular weight excluding hydrogens is 392 g/mol. The van der Waals surface area contributed by atoms with Crippen LogP contribution < -0.4 is 5.32 Å². The van der Waals surface area contributed by atoms with Gasteiger partial charge in [0.1, 0.15) is 6.16 Å². The van der Waals surface area contributed by atoms with Crippen LogP contribution in [0, 0.1) is 0 Å². The molecule has 0 fully saturated rings. The second-order valence-corrected chi connectivity index (χ2v) is 9.45. The number of carbonyl (C=O) groups excluding carboxylic acids is 1. The smallest absolute Gasteiger partial charge is 0.279 e. The fourth-order valence-corrected chi connectivity index (χ4v) is 4.52. The van der Waals surface area contributed by atoms with E-state index < -0.39 is 7.72 Å². The Morgan fingerprint density at radius 1 is 1.00 bits per heavy atom. The van der Waals surface area contributed by atoms with E-state index in [9.17, 15) is 14.6 Å². The first-order chi connectivity index (χ1) is 12.4. The van der Waals surface area contributed by atoms with E-state index in [2.05, 4.69) is 5.32 Å². The number of hydrogen-bond acceptors (Lipinski definition) is 4. The zero-order chi connectivity index (χ0) is 19.0. The van der Waals surface area contributed by atoms with Crippen LogP contribution in [0.2, 0.25) is 10.0 Å². The van der Waals surface area contributed by atoms with E-state index in [0.29, 0.717) is 16.6 Å². The minimum absolute atomic E-state index is 0.136. The summed E-state index contributed by atoms with van der Waals surface area (Å²) in [5.41, 5.74) is 1.92. The first-order valence-corrected chi connectivity index (χ1v) is 11.2. The van der Waals surface area contributed by atoms with Gasteiger partial charge < -0.3 is 5.32 Å². The standard InChI is InChI=1S/C19H23Cl2NO3P/c20-18-9-8-15(11-19(18)21)7-4-10-22-12-17(23)14-26(24,25)13-16-5-2-1-3-6-16/h1-3,5-6,8-9,11,22,24-25H,4,7,10,12-14H2/q+1. The lowest BCUT2D eigenvalue weighted by Gasteiger charge is -2.12. The van der Waals surface area contributed by atoms with E-state index in [-0.39, 0.29) is 24.7 Å². The van der Waals surface area contributed by atoms with Gasteiger partial charge in [0.2, 0.25) is 0 Å². The molecule has 0 unspecified atom stereocenters. The molecule has 0 aliphatic heterocycles. The van der Waals surface area contributed by atoms with Gasteiger partial charge >= 0.3 is 0 Å².